The summed E-state index contributed by atoms with van der Waals surface area (Å²) in [5, 5.41) is 9.41. The van der Waals surface area contributed by atoms with Gasteiger partial charge in [0.1, 0.15) is 11.6 Å². The van der Waals surface area contributed by atoms with E-state index in [1.807, 2.05) is 18.2 Å². The Labute approximate surface area is 112 Å². The van der Waals surface area contributed by atoms with Crippen molar-refractivity contribution in [3.8, 4) is 0 Å². The van der Waals surface area contributed by atoms with Crippen molar-refractivity contribution < 1.29 is 0 Å². The predicted molar refractivity (Wildman–Crippen MR) is 71.8 cm³/mol. The summed E-state index contributed by atoms with van der Waals surface area (Å²) in [5.74, 6) is 2.91. The number of hydrogen-bond donors (Lipinski definition) is 0. The molecular weight excluding hydrogens is 246 g/mol. The molecule has 0 radical (unpaired) electrons. The maximum atomic E-state index is 6.00. The summed E-state index contributed by atoms with van der Waals surface area (Å²) >= 11 is 6.00. The Morgan fingerprint density at radius 2 is 2.28 bits per heavy atom. The lowest BCUT2D eigenvalue weighted by molar-refractivity contribution is 0.404. The van der Waals surface area contributed by atoms with Crippen LogP contribution in [0.25, 0.3) is 0 Å². The molecule has 0 saturated carbocycles. The van der Waals surface area contributed by atoms with Gasteiger partial charge in [0.25, 0.3) is 0 Å². The Hall–Kier alpha value is -1.35. The first-order valence-electron chi connectivity index (χ1n) is 6.38. The van der Waals surface area contributed by atoms with Crippen LogP contribution in [0.2, 0.25) is 5.02 Å². The Morgan fingerprint density at radius 1 is 1.39 bits per heavy atom. The normalized spacial score (nSPS) is 18.7. The van der Waals surface area contributed by atoms with Crippen LogP contribution in [0, 0.1) is 5.92 Å². The number of halogens is 1. The Bertz CT molecular complexity index is 562. The predicted octanol–water partition coefficient (Wildman–Crippen LogP) is 3.10. The lowest BCUT2D eigenvalue weighted by Crippen LogP contribution is -2.19. The summed E-state index contributed by atoms with van der Waals surface area (Å²) in [6.07, 6.45) is 3.07. The van der Waals surface area contributed by atoms with E-state index < -0.39 is 0 Å². The van der Waals surface area contributed by atoms with Gasteiger partial charge in [-0.3, -0.25) is 0 Å². The lowest BCUT2D eigenvalue weighted by atomic mass is 10.00. The highest BCUT2D eigenvalue weighted by atomic mass is 35.5. The van der Waals surface area contributed by atoms with Crippen molar-refractivity contribution in [2.24, 2.45) is 5.92 Å². The largest absolute Gasteiger partial charge is 0.315 e. The first-order valence-corrected chi connectivity index (χ1v) is 6.75. The van der Waals surface area contributed by atoms with E-state index in [2.05, 4.69) is 27.8 Å². The highest BCUT2D eigenvalue weighted by molar-refractivity contribution is 6.30. The van der Waals surface area contributed by atoms with E-state index in [4.69, 9.17) is 11.6 Å². The van der Waals surface area contributed by atoms with Gasteiger partial charge >= 0.3 is 0 Å². The van der Waals surface area contributed by atoms with Gasteiger partial charge in [0, 0.05) is 24.4 Å². The molecule has 0 amide bonds. The van der Waals surface area contributed by atoms with Crippen molar-refractivity contribution in [2.45, 2.75) is 32.7 Å². The van der Waals surface area contributed by atoms with Gasteiger partial charge in [-0.15, -0.1) is 10.2 Å². The van der Waals surface area contributed by atoms with Crippen molar-refractivity contribution >= 4 is 11.6 Å². The molecule has 0 spiro atoms. The van der Waals surface area contributed by atoms with Gasteiger partial charge in [-0.2, -0.15) is 0 Å². The third kappa shape index (κ3) is 2.27. The third-order valence-corrected chi connectivity index (χ3v) is 3.77. The van der Waals surface area contributed by atoms with Crippen LogP contribution in [0.3, 0.4) is 0 Å². The molecule has 94 valence electrons. The number of fused-ring (bicyclic) bond motifs is 1. The third-order valence-electron chi connectivity index (χ3n) is 3.53. The summed E-state index contributed by atoms with van der Waals surface area (Å²) in [6, 6.07) is 7.95. The monoisotopic (exact) mass is 261 g/mol. The number of aromatic nitrogens is 3. The summed E-state index contributed by atoms with van der Waals surface area (Å²) in [5.41, 5.74) is 1.19. The van der Waals surface area contributed by atoms with Gasteiger partial charge in [0.15, 0.2) is 0 Å². The zero-order valence-corrected chi connectivity index (χ0v) is 11.2. The molecule has 0 fully saturated rings. The molecule has 3 nitrogen and oxygen atoms in total. The molecule has 2 heterocycles. The topological polar surface area (TPSA) is 30.7 Å². The molecule has 1 unspecified atom stereocenters. The first-order chi connectivity index (χ1) is 8.72. The zero-order chi connectivity index (χ0) is 12.5. The molecule has 4 heteroatoms. The van der Waals surface area contributed by atoms with Crippen LogP contribution in [0.4, 0.5) is 0 Å². The number of hydrogen-bond acceptors (Lipinski definition) is 2. The molecule has 1 aromatic carbocycles. The van der Waals surface area contributed by atoms with Gasteiger partial charge in [-0.25, -0.2) is 0 Å². The van der Waals surface area contributed by atoms with E-state index in [1.165, 1.54) is 12.0 Å². The van der Waals surface area contributed by atoms with Crippen LogP contribution in [-0.2, 0) is 19.4 Å². The van der Waals surface area contributed by atoms with Crippen molar-refractivity contribution in [1.29, 1.82) is 0 Å². The van der Waals surface area contributed by atoms with Gasteiger partial charge in [-0.05, 0) is 30.0 Å². The van der Waals surface area contributed by atoms with Gasteiger partial charge in [-0.1, -0.05) is 30.7 Å². The summed E-state index contributed by atoms with van der Waals surface area (Å²) < 4.78 is 2.26. The fourth-order valence-electron chi connectivity index (χ4n) is 2.51. The quantitative estimate of drug-likeness (QED) is 0.832. The molecule has 2 aromatic rings. The molecule has 18 heavy (non-hydrogen) atoms. The highest BCUT2D eigenvalue weighted by Gasteiger charge is 2.20. The molecule has 1 atom stereocenters. The fourth-order valence-corrected chi connectivity index (χ4v) is 2.72. The van der Waals surface area contributed by atoms with E-state index in [0.717, 1.165) is 42.0 Å². The molecule has 1 aromatic heterocycles. The maximum absolute atomic E-state index is 6.00. The Kier molecular flexibility index (Phi) is 3.08. The molecular formula is C14H16ClN3. The Morgan fingerprint density at radius 3 is 3.11 bits per heavy atom. The minimum absolute atomic E-state index is 0.723. The Balaban J connectivity index is 1.86. The van der Waals surface area contributed by atoms with Crippen molar-refractivity contribution in [3.63, 3.8) is 0 Å². The van der Waals surface area contributed by atoms with Crippen LogP contribution in [-0.4, -0.2) is 14.8 Å². The van der Waals surface area contributed by atoms with Gasteiger partial charge in [0.2, 0.25) is 0 Å². The van der Waals surface area contributed by atoms with Crippen LogP contribution >= 0.6 is 11.6 Å². The minimum Gasteiger partial charge on any atom is -0.315 e. The van der Waals surface area contributed by atoms with Gasteiger partial charge < -0.3 is 4.57 Å². The number of nitrogens with zero attached hydrogens (tertiary/aromatic N) is 3. The second-order valence-electron chi connectivity index (χ2n) is 5.09. The van der Waals surface area contributed by atoms with Gasteiger partial charge in [0.05, 0.1) is 0 Å². The number of rotatable bonds is 2. The van der Waals surface area contributed by atoms with E-state index in [1.54, 1.807) is 0 Å². The average molecular weight is 262 g/mol. The molecule has 0 N–H and O–H groups in total. The molecule has 0 bridgehead atoms. The van der Waals surface area contributed by atoms with Crippen molar-refractivity contribution in [3.05, 3.63) is 46.5 Å². The average Bonchev–Trinajstić information content (AvgIpc) is 2.72. The van der Waals surface area contributed by atoms with Crippen LogP contribution in [0.1, 0.15) is 30.6 Å². The lowest BCUT2D eigenvalue weighted by Gasteiger charge is -2.20. The first kappa shape index (κ1) is 11.7. The van der Waals surface area contributed by atoms with E-state index in [-0.39, 0.29) is 0 Å². The van der Waals surface area contributed by atoms with Crippen LogP contribution in [0.5, 0.6) is 0 Å². The molecule has 3 rings (SSSR count). The minimum atomic E-state index is 0.723. The molecule has 0 saturated heterocycles. The standard InChI is InChI=1S/C14H16ClN3/c1-10-5-6-18-13(7-10)16-17-14(18)9-11-3-2-4-12(15)8-11/h2-4,8,10H,5-7,9H2,1H3. The smallest absolute Gasteiger partial charge is 0.137 e. The van der Waals surface area contributed by atoms with Crippen LogP contribution < -0.4 is 0 Å². The highest BCUT2D eigenvalue weighted by Crippen LogP contribution is 2.21. The van der Waals surface area contributed by atoms with Crippen molar-refractivity contribution in [1.82, 2.24) is 14.8 Å². The maximum Gasteiger partial charge on any atom is 0.137 e. The summed E-state index contributed by atoms with van der Waals surface area (Å²) in [7, 11) is 0. The molecule has 1 aliphatic rings. The van der Waals surface area contributed by atoms with Crippen molar-refractivity contribution in [2.75, 3.05) is 0 Å². The molecule has 0 aliphatic carbocycles. The molecule has 1 aliphatic heterocycles. The summed E-state index contributed by atoms with van der Waals surface area (Å²) in [6.45, 7) is 3.31. The second kappa shape index (κ2) is 4.73. The van der Waals surface area contributed by atoms with Crippen LogP contribution in [0.15, 0.2) is 24.3 Å². The van der Waals surface area contributed by atoms with E-state index >= 15 is 0 Å². The SMILES string of the molecule is CC1CCn2c(Cc3cccc(Cl)c3)nnc2C1. The second-order valence-corrected chi connectivity index (χ2v) is 5.53. The van der Waals surface area contributed by atoms with E-state index in [9.17, 15) is 0 Å². The van der Waals surface area contributed by atoms with E-state index in [0.29, 0.717) is 0 Å². The number of benzene rings is 1. The summed E-state index contributed by atoms with van der Waals surface area (Å²) in [4.78, 5) is 0. The zero-order valence-electron chi connectivity index (χ0n) is 10.4. The fraction of sp³-hybridized carbons (Fsp3) is 0.429.